The lowest BCUT2D eigenvalue weighted by molar-refractivity contribution is 0.601. The van der Waals surface area contributed by atoms with Crippen molar-refractivity contribution < 1.29 is 8.42 Å². The number of nitrogens with zero attached hydrogens (tertiary/aromatic N) is 2. The highest BCUT2D eigenvalue weighted by Gasteiger charge is 2.21. The fourth-order valence-corrected chi connectivity index (χ4v) is 4.47. The molecule has 3 rings (SSSR count). The molecule has 1 N–H and O–H groups in total. The van der Waals surface area contributed by atoms with Crippen LogP contribution < -0.4 is 4.72 Å². The van der Waals surface area contributed by atoms with Gasteiger partial charge in [-0.25, -0.2) is 13.4 Å². The lowest BCUT2D eigenvalue weighted by Gasteiger charge is -2.05. The third-order valence-corrected chi connectivity index (χ3v) is 5.63. The number of benzene rings is 1. The van der Waals surface area contributed by atoms with Crippen LogP contribution in [-0.4, -0.2) is 13.4 Å². The first-order chi connectivity index (χ1) is 9.58. The van der Waals surface area contributed by atoms with Crippen molar-refractivity contribution in [2.45, 2.75) is 24.2 Å². The number of fused-ring (bicyclic) bond motifs is 1. The van der Waals surface area contributed by atoms with E-state index < -0.39 is 10.0 Å². The Morgan fingerprint density at radius 3 is 2.95 bits per heavy atom. The van der Waals surface area contributed by atoms with E-state index >= 15 is 0 Å². The number of sulfonamides is 1. The minimum absolute atomic E-state index is 0.0758. The van der Waals surface area contributed by atoms with Crippen molar-refractivity contribution in [1.29, 1.82) is 5.26 Å². The third-order valence-electron chi connectivity index (χ3n) is 3.09. The number of aromatic nitrogens is 1. The van der Waals surface area contributed by atoms with Gasteiger partial charge in [-0.1, -0.05) is 6.07 Å². The minimum Gasteiger partial charge on any atom is -0.255 e. The number of nitrogens with one attached hydrogen (secondary N) is 1. The third kappa shape index (κ3) is 2.40. The summed E-state index contributed by atoms with van der Waals surface area (Å²) in [7, 11) is -3.69. The quantitative estimate of drug-likeness (QED) is 0.943. The molecule has 1 aliphatic rings. The number of rotatable bonds is 3. The first-order valence-electron chi connectivity index (χ1n) is 6.10. The smallest absolute Gasteiger partial charge is 0.255 e. The van der Waals surface area contributed by atoms with Crippen LogP contribution in [0, 0.1) is 11.3 Å². The molecule has 1 aromatic heterocycles. The maximum Gasteiger partial charge on any atom is 0.263 e. The lowest BCUT2D eigenvalue weighted by Crippen LogP contribution is -2.13. The Labute approximate surface area is 121 Å². The van der Waals surface area contributed by atoms with E-state index in [2.05, 4.69) is 9.71 Å². The molecule has 20 heavy (non-hydrogen) atoms. The van der Waals surface area contributed by atoms with Crippen molar-refractivity contribution >= 4 is 26.5 Å². The molecular formula is C13H11N3O2S2. The number of thiazole rings is 1. The summed E-state index contributed by atoms with van der Waals surface area (Å²) < 4.78 is 27.0. The highest BCUT2D eigenvalue weighted by Crippen LogP contribution is 2.31. The summed E-state index contributed by atoms with van der Waals surface area (Å²) in [5, 5.41) is 9.22. The predicted octanol–water partition coefficient (Wildman–Crippen LogP) is 2.30. The van der Waals surface area contributed by atoms with Gasteiger partial charge in [0.15, 0.2) is 5.13 Å². The van der Waals surface area contributed by atoms with Gasteiger partial charge in [0.05, 0.1) is 22.2 Å². The van der Waals surface area contributed by atoms with Crippen LogP contribution in [0.3, 0.4) is 0 Å². The van der Waals surface area contributed by atoms with E-state index in [1.54, 1.807) is 12.1 Å². The molecule has 0 saturated carbocycles. The van der Waals surface area contributed by atoms with E-state index in [0.29, 0.717) is 10.7 Å². The SMILES string of the molecule is N#Cc1cccc(S(=O)(=O)Nc2nc3c(s2)CCC3)c1. The topological polar surface area (TPSA) is 82.8 Å². The van der Waals surface area contributed by atoms with Crippen LogP contribution in [0.25, 0.3) is 0 Å². The summed E-state index contributed by atoms with van der Waals surface area (Å²) in [4.78, 5) is 5.54. The predicted molar refractivity (Wildman–Crippen MR) is 76.1 cm³/mol. The summed E-state index contributed by atoms with van der Waals surface area (Å²) >= 11 is 1.39. The monoisotopic (exact) mass is 305 g/mol. The van der Waals surface area contributed by atoms with Crippen molar-refractivity contribution in [1.82, 2.24) is 4.98 Å². The van der Waals surface area contributed by atoms with Crippen LogP contribution >= 0.6 is 11.3 Å². The standard InChI is InChI=1S/C13H11N3O2S2/c14-8-9-3-1-4-10(7-9)20(17,18)16-13-15-11-5-2-6-12(11)19-13/h1,3-4,7H,2,5-6H2,(H,15,16). The fourth-order valence-electron chi connectivity index (χ4n) is 2.14. The largest absolute Gasteiger partial charge is 0.263 e. The summed E-state index contributed by atoms with van der Waals surface area (Å²) in [6.07, 6.45) is 2.97. The van der Waals surface area contributed by atoms with Gasteiger partial charge in [0.2, 0.25) is 0 Å². The number of aryl methyl sites for hydroxylation is 2. The Bertz CT molecular complexity index is 782. The summed E-state index contributed by atoms with van der Waals surface area (Å²) in [6, 6.07) is 7.86. The van der Waals surface area contributed by atoms with E-state index in [1.165, 1.54) is 23.5 Å². The lowest BCUT2D eigenvalue weighted by atomic mass is 10.2. The van der Waals surface area contributed by atoms with Gasteiger partial charge in [-0.05, 0) is 37.5 Å². The Morgan fingerprint density at radius 2 is 2.20 bits per heavy atom. The maximum absolute atomic E-state index is 12.2. The first-order valence-corrected chi connectivity index (χ1v) is 8.40. The summed E-state index contributed by atoms with van der Waals surface area (Å²) in [5.41, 5.74) is 1.31. The van der Waals surface area contributed by atoms with Gasteiger partial charge < -0.3 is 0 Å². The molecule has 1 aromatic carbocycles. The molecule has 2 aromatic rings. The molecule has 0 unspecified atom stereocenters. The average molecular weight is 305 g/mol. The van der Waals surface area contributed by atoms with E-state index in [4.69, 9.17) is 5.26 Å². The fraction of sp³-hybridized carbons (Fsp3) is 0.231. The average Bonchev–Trinajstić information content (AvgIpc) is 2.99. The van der Waals surface area contributed by atoms with E-state index in [9.17, 15) is 8.42 Å². The summed E-state index contributed by atoms with van der Waals surface area (Å²) in [6.45, 7) is 0. The second-order valence-electron chi connectivity index (χ2n) is 4.49. The molecule has 0 saturated heterocycles. The number of anilines is 1. The Kier molecular flexibility index (Phi) is 3.20. The van der Waals surface area contributed by atoms with Crippen molar-refractivity contribution in [3.05, 3.63) is 40.4 Å². The van der Waals surface area contributed by atoms with Crippen molar-refractivity contribution in [2.24, 2.45) is 0 Å². The zero-order valence-corrected chi connectivity index (χ0v) is 12.1. The zero-order valence-electron chi connectivity index (χ0n) is 10.5. The van der Waals surface area contributed by atoms with Crippen molar-refractivity contribution in [3.8, 4) is 6.07 Å². The van der Waals surface area contributed by atoms with Gasteiger partial charge in [0.1, 0.15) is 0 Å². The second kappa shape index (κ2) is 4.89. The van der Waals surface area contributed by atoms with Gasteiger partial charge in [-0.3, -0.25) is 4.72 Å². The molecule has 0 spiro atoms. The molecule has 0 bridgehead atoms. The van der Waals surface area contributed by atoms with Gasteiger partial charge in [-0.2, -0.15) is 5.26 Å². The molecule has 0 fully saturated rings. The van der Waals surface area contributed by atoms with Crippen LogP contribution in [0.15, 0.2) is 29.2 Å². The minimum atomic E-state index is -3.69. The molecule has 0 radical (unpaired) electrons. The highest BCUT2D eigenvalue weighted by molar-refractivity contribution is 7.93. The molecule has 0 amide bonds. The van der Waals surface area contributed by atoms with Crippen LogP contribution in [0.2, 0.25) is 0 Å². The van der Waals surface area contributed by atoms with Gasteiger partial charge >= 0.3 is 0 Å². The van der Waals surface area contributed by atoms with Crippen molar-refractivity contribution in [2.75, 3.05) is 4.72 Å². The molecule has 102 valence electrons. The maximum atomic E-state index is 12.2. The van der Waals surface area contributed by atoms with E-state index in [0.717, 1.165) is 29.8 Å². The Balaban J connectivity index is 1.89. The van der Waals surface area contributed by atoms with Crippen LogP contribution in [-0.2, 0) is 22.9 Å². The molecule has 0 aliphatic heterocycles. The highest BCUT2D eigenvalue weighted by atomic mass is 32.2. The Morgan fingerprint density at radius 1 is 1.35 bits per heavy atom. The molecule has 1 heterocycles. The molecule has 1 aliphatic carbocycles. The Hall–Kier alpha value is -1.91. The van der Waals surface area contributed by atoms with E-state index in [-0.39, 0.29) is 4.90 Å². The van der Waals surface area contributed by atoms with Crippen molar-refractivity contribution in [3.63, 3.8) is 0 Å². The normalized spacial score (nSPS) is 13.8. The van der Waals surface area contributed by atoms with Crippen LogP contribution in [0.5, 0.6) is 0 Å². The van der Waals surface area contributed by atoms with Gasteiger partial charge in [0, 0.05) is 4.88 Å². The van der Waals surface area contributed by atoms with E-state index in [1.807, 2.05) is 6.07 Å². The number of hydrogen-bond donors (Lipinski definition) is 1. The zero-order chi connectivity index (χ0) is 14.2. The van der Waals surface area contributed by atoms with Gasteiger partial charge in [0.25, 0.3) is 10.0 Å². The molecular weight excluding hydrogens is 294 g/mol. The van der Waals surface area contributed by atoms with Gasteiger partial charge in [-0.15, -0.1) is 11.3 Å². The summed E-state index contributed by atoms with van der Waals surface area (Å²) in [5.74, 6) is 0. The molecule has 0 atom stereocenters. The first kappa shape index (κ1) is 13.1. The second-order valence-corrected chi connectivity index (χ2v) is 7.25. The number of nitriles is 1. The molecule has 5 nitrogen and oxygen atoms in total. The molecule has 7 heteroatoms. The van der Waals surface area contributed by atoms with Crippen LogP contribution in [0.4, 0.5) is 5.13 Å². The number of hydrogen-bond acceptors (Lipinski definition) is 5. The van der Waals surface area contributed by atoms with Crippen LogP contribution in [0.1, 0.15) is 22.6 Å².